The molecule has 2 heterocycles. The maximum Gasteiger partial charge on any atom is 0.292 e. The number of aryl methyl sites for hydroxylation is 2. The molecule has 7 heteroatoms. The predicted molar refractivity (Wildman–Crippen MR) is 97.6 cm³/mol. The lowest BCUT2D eigenvalue weighted by Crippen LogP contribution is -2.48. The summed E-state index contributed by atoms with van der Waals surface area (Å²) in [6.45, 7) is 2.41. The molecule has 1 saturated heterocycles. The third-order valence-electron chi connectivity index (χ3n) is 4.94. The number of amides is 1. The smallest absolute Gasteiger partial charge is 0.292 e. The number of benzene rings is 1. The van der Waals surface area contributed by atoms with Crippen LogP contribution >= 0.6 is 11.3 Å². The molecule has 1 fully saturated rings. The van der Waals surface area contributed by atoms with E-state index in [0.29, 0.717) is 31.9 Å². The minimum absolute atomic E-state index is 0.0987. The van der Waals surface area contributed by atoms with Crippen LogP contribution in [0.4, 0.5) is 11.4 Å². The number of carbonyl (C=O) groups is 1. The summed E-state index contributed by atoms with van der Waals surface area (Å²) in [6.07, 6.45) is 3.38. The first kappa shape index (κ1) is 16.1. The Morgan fingerprint density at radius 1 is 1.12 bits per heavy atom. The fraction of sp³-hybridized carbons (Fsp3) is 0.389. The predicted octanol–water partition coefficient (Wildman–Crippen LogP) is 3.11. The highest BCUT2D eigenvalue weighted by atomic mass is 32.1. The first-order chi connectivity index (χ1) is 12.1. The van der Waals surface area contributed by atoms with Gasteiger partial charge in [-0.25, -0.2) is 0 Å². The van der Waals surface area contributed by atoms with Crippen molar-refractivity contribution in [2.75, 3.05) is 31.1 Å². The zero-order chi connectivity index (χ0) is 17.4. The van der Waals surface area contributed by atoms with Crippen molar-refractivity contribution in [3.05, 3.63) is 55.8 Å². The molecule has 1 aliphatic heterocycles. The van der Waals surface area contributed by atoms with E-state index < -0.39 is 0 Å². The van der Waals surface area contributed by atoms with Gasteiger partial charge in [0.2, 0.25) is 0 Å². The molecule has 6 nitrogen and oxygen atoms in total. The van der Waals surface area contributed by atoms with Crippen LogP contribution in [-0.4, -0.2) is 41.9 Å². The van der Waals surface area contributed by atoms with Crippen LogP contribution < -0.4 is 4.90 Å². The molecule has 2 aliphatic rings. The molecular weight excluding hydrogens is 338 g/mol. The quantitative estimate of drug-likeness (QED) is 0.625. The Morgan fingerprint density at radius 2 is 1.88 bits per heavy atom. The minimum atomic E-state index is -0.347. The molecule has 0 N–H and O–H groups in total. The summed E-state index contributed by atoms with van der Waals surface area (Å²) in [6, 6.07) is 8.85. The summed E-state index contributed by atoms with van der Waals surface area (Å²) in [5, 5.41) is 11.2. The van der Waals surface area contributed by atoms with Crippen LogP contribution in [0.2, 0.25) is 0 Å². The van der Waals surface area contributed by atoms with Crippen molar-refractivity contribution in [3.8, 4) is 0 Å². The second kappa shape index (κ2) is 6.48. The second-order valence-corrected chi connectivity index (χ2v) is 7.57. The third kappa shape index (κ3) is 3.00. The molecule has 0 atom stereocenters. The van der Waals surface area contributed by atoms with E-state index in [4.69, 9.17) is 0 Å². The Morgan fingerprint density at radius 3 is 2.60 bits per heavy atom. The zero-order valence-electron chi connectivity index (χ0n) is 13.8. The molecule has 1 aromatic carbocycles. The van der Waals surface area contributed by atoms with Crippen LogP contribution in [-0.2, 0) is 12.8 Å². The van der Waals surface area contributed by atoms with Crippen LogP contribution in [0.15, 0.2) is 30.3 Å². The van der Waals surface area contributed by atoms with Crippen LogP contribution in [0.25, 0.3) is 0 Å². The zero-order valence-corrected chi connectivity index (χ0v) is 14.6. The van der Waals surface area contributed by atoms with Gasteiger partial charge in [0.1, 0.15) is 5.69 Å². The van der Waals surface area contributed by atoms with Crippen LogP contribution in [0.5, 0.6) is 0 Å². The summed E-state index contributed by atoms with van der Waals surface area (Å²) in [7, 11) is 0. The Kier molecular flexibility index (Phi) is 4.17. The summed E-state index contributed by atoms with van der Waals surface area (Å²) in [5.74, 6) is 0.0987. The average Bonchev–Trinajstić information content (AvgIpc) is 3.23. The van der Waals surface area contributed by atoms with Crippen LogP contribution in [0.3, 0.4) is 0 Å². The number of piperazine rings is 1. The summed E-state index contributed by atoms with van der Waals surface area (Å²) in [4.78, 5) is 29.7. The van der Waals surface area contributed by atoms with E-state index in [2.05, 4.69) is 6.07 Å². The molecule has 0 unspecified atom stereocenters. The lowest BCUT2D eigenvalue weighted by molar-refractivity contribution is -0.384. The number of para-hydroxylation sites is 2. The van der Waals surface area contributed by atoms with Crippen molar-refractivity contribution in [2.24, 2.45) is 0 Å². The number of nitro benzene ring substituents is 1. The largest absolute Gasteiger partial charge is 0.362 e. The number of thiophene rings is 1. The van der Waals surface area contributed by atoms with Gasteiger partial charge in [0.25, 0.3) is 11.6 Å². The van der Waals surface area contributed by atoms with Gasteiger partial charge in [0.15, 0.2) is 0 Å². The third-order valence-corrected chi connectivity index (χ3v) is 6.17. The normalized spacial score (nSPS) is 16.8. The number of nitrogens with zero attached hydrogens (tertiary/aromatic N) is 3. The molecule has 0 saturated carbocycles. The highest BCUT2D eigenvalue weighted by Crippen LogP contribution is 2.32. The number of nitro groups is 1. The molecule has 0 spiro atoms. The van der Waals surface area contributed by atoms with Crippen LogP contribution in [0.1, 0.15) is 26.5 Å². The van der Waals surface area contributed by atoms with E-state index in [0.717, 1.165) is 17.7 Å². The first-order valence-corrected chi connectivity index (χ1v) is 9.34. The van der Waals surface area contributed by atoms with Gasteiger partial charge in [-0.1, -0.05) is 12.1 Å². The van der Waals surface area contributed by atoms with E-state index in [1.807, 2.05) is 15.9 Å². The Bertz CT molecular complexity index is 803. The number of rotatable bonds is 3. The summed E-state index contributed by atoms with van der Waals surface area (Å²) < 4.78 is 0. The Labute approximate surface area is 149 Å². The first-order valence-electron chi connectivity index (χ1n) is 8.53. The van der Waals surface area contributed by atoms with E-state index in [9.17, 15) is 14.9 Å². The number of hydrogen-bond donors (Lipinski definition) is 0. The molecule has 1 aliphatic carbocycles. The molecule has 4 rings (SSSR count). The number of fused-ring (bicyclic) bond motifs is 1. The highest BCUT2D eigenvalue weighted by molar-refractivity contribution is 7.14. The maximum atomic E-state index is 12.7. The van der Waals surface area contributed by atoms with Crippen molar-refractivity contribution in [2.45, 2.75) is 19.3 Å². The lowest BCUT2D eigenvalue weighted by atomic mass is 10.2. The van der Waals surface area contributed by atoms with Crippen molar-refractivity contribution in [3.63, 3.8) is 0 Å². The van der Waals surface area contributed by atoms with E-state index in [-0.39, 0.29) is 16.5 Å². The number of carbonyl (C=O) groups excluding carboxylic acids is 1. The standard InChI is InChI=1S/C18H19N3O3S/c22-18(17-12-13-4-3-7-16(13)25-17)20-10-8-19(9-11-20)14-5-1-2-6-15(14)21(23)24/h1-2,5-6,12H,3-4,7-11H2. The molecule has 25 heavy (non-hydrogen) atoms. The minimum Gasteiger partial charge on any atom is -0.362 e. The van der Waals surface area contributed by atoms with E-state index >= 15 is 0 Å². The van der Waals surface area contributed by atoms with Crippen molar-refractivity contribution in [1.29, 1.82) is 0 Å². The maximum absolute atomic E-state index is 12.7. The lowest BCUT2D eigenvalue weighted by Gasteiger charge is -2.35. The van der Waals surface area contributed by atoms with E-state index in [1.54, 1.807) is 23.5 Å². The summed E-state index contributed by atoms with van der Waals surface area (Å²) >= 11 is 1.63. The van der Waals surface area contributed by atoms with Crippen molar-refractivity contribution < 1.29 is 9.72 Å². The molecule has 0 radical (unpaired) electrons. The van der Waals surface area contributed by atoms with Crippen LogP contribution in [0, 0.1) is 10.1 Å². The fourth-order valence-electron chi connectivity index (χ4n) is 3.63. The van der Waals surface area contributed by atoms with E-state index in [1.165, 1.54) is 22.9 Å². The fourth-order valence-corrected chi connectivity index (χ4v) is 4.85. The topological polar surface area (TPSA) is 66.7 Å². The molecule has 2 aromatic rings. The van der Waals surface area contributed by atoms with Gasteiger partial charge in [0.05, 0.1) is 9.80 Å². The van der Waals surface area contributed by atoms with Gasteiger partial charge >= 0.3 is 0 Å². The van der Waals surface area contributed by atoms with Gasteiger partial charge in [-0.05, 0) is 37.0 Å². The second-order valence-electron chi connectivity index (χ2n) is 6.44. The Balaban J connectivity index is 1.44. The molecule has 0 bridgehead atoms. The van der Waals surface area contributed by atoms with Gasteiger partial charge < -0.3 is 9.80 Å². The van der Waals surface area contributed by atoms with Gasteiger partial charge in [-0.3, -0.25) is 14.9 Å². The number of hydrogen-bond acceptors (Lipinski definition) is 5. The molecule has 1 amide bonds. The van der Waals surface area contributed by atoms with Crippen molar-refractivity contribution >= 4 is 28.6 Å². The summed E-state index contributed by atoms with van der Waals surface area (Å²) in [5.41, 5.74) is 2.10. The van der Waals surface area contributed by atoms with Gasteiger partial charge in [0, 0.05) is 37.1 Å². The molecular formula is C18H19N3O3S. The average molecular weight is 357 g/mol. The Hall–Kier alpha value is -2.41. The SMILES string of the molecule is O=C(c1cc2c(s1)CCC2)N1CCN(c2ccccc2[N+](=O)[O-])CC1. The monoisotopic (exact) mass is 357 g/mol. The molecule has 130 valence electrons. The van der Waals surface area contributed by atoms with Crippen molar-refractivity contribution in [1.82, 2.24) is 4.90 Å². The number of anilines is 1. The van der Waals surface area contributed by atoms with Gasteiger partial charge in [-0.2, -0.15) is 0 Å². The highest BCUT2D eigenvalue weighted by Gasteiger charge is 2.27. The molecule has 1 aromatic heterocycles. The van der Waals surface area contributed by atoms with Gasteiger partial charge in [-0.15, -0.1) is 11.3 Å².